The number of hydrogen-bond acceptors (Lipinski definition) is 2. The van der Waals surface area contributed by atoms with Gasteiger partial charge in [-0.1, -0.05) is 63.6 Å². The molecular weight excluding hydrogens is 377 g/mol. The van der Waals surface area contributed by atoms with Gasteiger partial charge in [-0.15, -0.1) is 0 Å². The molecule has 28 heavy (non-hydrogen) atoms. The van der Waals surface area contributed by atoms with Gasteiger partial charge in [-0.3, -0.25) is 14.9 Å². The smallest absolute Gasteiger partial charge is 0.231 e. The number of rotatable bonds is 6. The minimum Gasteiger partial charge on any atom is -0.296 e. The number of nitrogens with one attached hydrogen (secondary N) is 1. The Morgan fingerprint density at radius 3 is 2.36 bits per heavy atom. The number of benzene rings is 2. The second-order valence-electron chi connectivity index (χ2n) is 8.30. The molecule has 0 aromatic heterocycles. The molecule has 2 amide bonds. The Balaban J connectivity index is 1.89. The highest BCUT2D eigenvalue weighted by Gasteiger charge is 2.23. The summed E-state index contributed by atoms with van der Waals surface area (Å²) in [6.45, 7) is 7.40. The molecule has 0 radical (unpaired) electrons. The lowest BCUT2D eigenvalue weighted by molar-refractivity contribution is -0.135. The van der Waals surface area contributed by atoms with E-state index in [0.717, 1.165) is 17.5 Å². The van der Waals surface area contributed by atoms with E-state index in [9.17, 15) is 14.0 Å². The van der Waals surface area contributed by atoms with Crippen molar-refractivity contribution in [3.05, 3.63) is 58.9 Å². The van der Waals surface area contributed by atoms with Gasteiger partial charge < -0.3 is 0 Å². The first kappa shape index (κ1) is 22.1. The van der Waals surface area contributed by atoms with Crippen molar-refractivity contribution >= 4 is 23.4 Å². The highest BCUT2D eigenvalue weighted by atomic mass is 35.5. The van der Waals surface area contributed by atoms with E-state index in [1.807, 2.05) is 24.3 Å². The van der Waals surface area contributed by atoms with Gasteiger partial charge in [0.2, 0.25) is 11.8 Å². The SMILES string of the molecule is CC(CCC(=O)NC(=O)C(C)(C)C)Cc1ccc(-c2cc(Cl)ccc2F)cc1. The van der Waals surface area contributed by atoms with E-state index in [-0.39, 0.29) is 23.5 Å². The van der Waals surface area contributed by atoms with Gasteiger partial charge in [-0.2, -0.15) is 0 Å². The van der Waals surface area contributed by atoms with Gasteiger partial charge in [-0.05, 0) is 48.1 Å². The molecule has 1 N–H and O–H groups in total. The molecule has 0 fully saturated rings. The van der Waals surface area contributed by atoms with Crippen molar-refractivity contribution in [3.63, 3.8) is 0 Å². The van der Waals surface area contributed by atoms with Gasteiger partial charge in [0.1, 0.15) is 5.82 Å². The number of imide groups is 1. The Morgan fingerprint density at radius 1 is 1.11 bits per heavy atom. The average molecular weight is 404 g/mol. The predicted octanol–water partition coefficient (Wildman–Crippen LogP) is 5.79. The van der Waals surface area contributed by atoms with E-state index in [1.54, 1.807) is 26.8 Å². The zero-order valence-electron chi connectivity index (χ0n) is 16.8. The fourth-order valence-corrected chi connectivity index (χ4v) is 2.97. The molecule has 1 unspecified atom stereocenters. The maximum absolute atomic E-state index is 14.0. The first-order valence-corrected chi connectivity index (χ1v) is 9.82. The third kappa shape index (κ3) is 6.45. The first-order valence-electron chi connectivity index (χ1n) is 9.45. The predicted molar refractivity (Wildman–Crippen MR) is 112 cm³/mol. The summed E-state index contributed by atoms with van der Waals surface area (Å²) in [5.74, 6) is -0.516. The molecule has 2 aromatic rings. The summed E-state index contributed by atoms with van der Waals surface area (Å²) in [6.07, 6.45) is 1.81. The molecule has 1 atom stereocenters. The van der Waals surface area contributed by atoms with Crippen LogP contribution in [0.3, 0.4) is 0 Å². The van der Waals surface area contributed by atoms with Gasteiger partial charge in [0.15, 0.2) is 0 Å². The molecule has 0 aliphatic carbocycles. The van der Waals surface area contributed by atoms with E-state index in [1.165, 1.54) is 12.1 Å². The Morgan fingerprint density at radius 2 is 1.75 bits per heavy atom. The zero-order valence-corrected chi connectivity index (χ0v) is 17.6. The molecule has 5 heteroatoms. The lowest BCUT2D eigenvalue weighted by Crippen LogP contribution is -2.38. The Labute approximate surface area is 171 Å². The Bertz CT molecular complexity index is 841. The lowest BCUT2D eigenvalue weighted by Gasteiger charge is -2.17. The summed E-state index contributed by atoms with van der Waals surface area (Å²) in [5, 5.41) is 2.95. The molecular formula is C23H27ClFNO2. The van der Waals surface area contributed by atoms with E-state index in [0.29, 0.717) is 23.4 Å². The van der Waals surface area contributed by atoms with Gasteiger partial charge in [0.25, 0.3) is 0 Å². The number of amides is 2. The van der Waals surface area contributed by atoms with Crippen molar-refractivity contribution < 1.29 is 14.0 Å². The van der Waals surface area contributed by atoms with Crippen LogP contribution in [-0.2, 0) is 16.0 Å². The van der Waals surface area contributed by atoms with E-state index < -0.39 is 5.41 Å². The molecule has 0 spiro atoms. The summed E-state index contributed by atoms with van der Waals surface area (Å²) < 4.78 is 14.0. The van der Waals surface area contributed by atoms with Crippen LogP contribution in [0.15, 0.2) is 42.5 Å². The zero-order chi connectivity index (χ0) is 20.9. The average Bonchev–Trinajstić information content (AvgIpc) is 2.62. The van der Waals surface area contributed by atoms with Crippen LogP contribution in [-0.4, -0.2) is 11.8 Å². The van der Waals surface area contributed by atoms with Crippen LogP contribution >= 0.6 is 11.6 Å². The van der Waals surface area contributed by atoms with E-state index >= 15 is 0 Å². The third-order valence-corrected chi connectivity index (χ3v) is 4.81. The monoisotopic (exact) mass is 403 g/mol. The van der Waals surface area contributed by atoms with Crippen LogP contribution in [0, 0.1) is 17.2 Å². The standard InChI is InChI=1S/C23H27ClFNO2/c1-15(5-12-21(27)26-22(28)23(2,3)4)13-16-6-8-17(9-7-16)19-14-18(24)10-11-20(19)25/h6-11,14-15H,5,12-13H2,1-4H3,(H,26,27,28). The van der Waals surface area contributed by atoms with Crippen LogP contribution in [0.5, 0.6) is 0 Å². The molecule has 0 aliphatic rings. The second kappa shape index (κ2) is 9.33. The summed E-state index contributed by atoms with van der Waals surface area (Å²) in [6, 6.07) is 12.2. The van der Waals surface area contributed by atoms with Gasteiger partial charge in [0.05, 0.1) is 0 Å². The van der Waals surface area contributed by atoms with Gasteiger partial charge >= 0.3 is 0 Å². The number of halogens is 2. The van der Waals surface area contributed by atoms with Crippen molar-refractivity contribution in [1.82, 2.24) is 5.32 Å². The summed E-state index contributed by atoms with van der Waals surface area (Å²) >= 11 is 5.96. The molecule has 0 aliphatic heterocycles. The highest BCUT2D eigenvalue weighted by Crippen LogP contribution is 2.27. The van der Waals surface area contributed by atoms with Crippen molar-refractivity contribution in [1.29, 1.82) is 0 Å². The fraction of sp³-hybridized carbons (Fsp3) is 0.391. The Hall–Kier alpha value is -2.20. The third-order valence-electron chi connectivity index (χ3n) is 4.58. The minimum absolute atomic E-state index is 0.237. The maximum atomic E-state index is 14.0. The molecule has 2 aromatic carbocycles. The first-order chi connectivity index (χ1) is 13.1. The second-order valence-corrected chi connectivity index (χ2v) is 8.73. The number of carbonyl (C=O) groups excluding carboxylic acids is 2. The molecule has 3 nitrogen and oxygen atoms in total. The normalized spacial score (nSPS) is 12.5. The van der Waals surface area contributed by atoms with Crippen LogP contribution in [0.2, 0.25) is 5.02 Å². The van der Waals surface area contributed by atoms with E-state index in [2.05, 4.69) is 12.2 Å². The summed E-state index contributed by atoms with van der Waals surface area (Å²) in [5.41, 5.74) is 1.79. The molecule has 0 bridgehead atoms. The molecule has 2 rings (SSSR count). The minimum atomic E-state index is -0.578. The molecule has 150 valence electrons. The quantitative estimate of drug-likeness (QED) is 0.663. The number of hydrogen-bond donors (Lipinski definition) is 1. The lowest BCUT2D eigenvalue weighted by atomic mass is 9.94. The van der Waals surface area contributed by atoms with Crippen LogP contribution in [0.25, 0.3) is 11.1 Å². The van der Waals surface area contributed by atoms with Crippen molar-refractivity contribution in [2.45, 2.75) is 47.0 Å². The molecule has 0 saturated heterocycles. The van der Waals surface area contributed by atoms with Crippen LogP contribution in [0.4, 0.5) is 4.39 Å². The molecule has 0 saturated carbocycles. The van der Waals surface area contributed by atoms with Crippen LogP contribution < -0.4 is 5.32 Å². The highest BCUT2D eigenvalue weighted by molar-refractivity contribution is 6.30. The summed E-state index contributed by atoms with van der Waals surface area (Å²) in [7, 11) is 0. The largest absolute Gasteiger partial charge is 0.296 e. The van der Waals surface area contributed by atoms with Crippen molar-refractivity contribution in [2.24, 2.45) is 11.3 Å². The van der Waals surface area contributed by atoms with Gasteiger partial charge in [0, 0.05) is 22.4 Å². The summed E-state index contributed by atoms with van der Waals surface area (Å²) in [4.78, 5) is 23.8. The molecule has 0 heterocycles. The number of carbonyl (C=O) groups is 2. The van der Waals surface area contributed by atoms with Crippen molar-refractivity contribution in [3.8, 4) is 11.1 Å². The van der Waals surface area contributed by atoms with Crippen LogP contribution in [0.1, 0.15) is 46.1 Å². The van der Waals surface area contributed by atoms with Gasteiger partial charge in [-0.25, -0.2) is 4.39 Å². The Kier molecular flexibility index (Phi) is 7.36. The van der Waals surface area contributed by atoms with E-state index in [4.69, 9.17) is 11.6 Å². The topological polar surface area (TPSA) is 46.2 Å². The fourth-order valence-electron chi connectivity index (χ4n) is 2.80. The maximum Gasteiger partial charge on any atom is 0.231 e. The van der Waals surface area contributed by atoms with Crippen molar-refractivity contribution in [2.75, 3.05) is 0 Å².